The molecule has 0 heterocycles. The van der Waals surface area contributed by atoms with Crippen LogP contribution in [0.2, 0.25) is 0 Å². The van der Waals surface area contributed by atoms with Crippen molar-refractivity contribution in [2.45, 2.75) is 59.5 Å². The molecule has 0 saturated heterocycles. The first-order valence-corrected chi connectivity index (χ1v) is 9.78. The smallest absolute Gasteiger partial charge is 0.0373 e. The first-order valence-electron chi connectivity index (χ1n) is 9.78. The quantitative estimate of drug-likeness (QED) is 0.520. The summed E-state index contributed by atoms with van der Waals surface area (Å²) >= 11 is 0. The van der Waals surface area contributed by atoms with Crippen LogP contribution in [0, 0.1) is 6.92 Å². The molecule has 2 rings (SSSR count). The van der Waals surface area contributed by atoms with E-state index in [0.29, 0.717) is 6.04 Å². The molecule has 0 aromatic heterocycles. The number of nitrogens with one attached hydrogen (secondary N) is 1. The van der Waals surface area contributed by atoms with Gasteiger partial charge in [-0.15, -0.1) is 0 Å². The van der Waals surface area contributed by atoms with Gasteiger partial charge in [0, 0.05) is 24.8 Å². The average Bonchev–Trinajstić information content (AvgIpc) is 2.63. The van der Waals surface area contributed by atoms with Crippen molar-refractivity contribution < 1.29 is 0 Å². The van der Waals surface area contributed by atoms with Gasteiger partial charge in [0.2, 0.25) is 0 Å². The highest BCUT2D eigenvalue weighted by Gasteiger charge is 2.16. The fourth-order valence-electron chi connectivity index (χ4n) is 3.22. The molecule has 2 aromatic carbocycles. The Labute approximate surface area is 154 Å². The number of anilines is 1. The van der Waals surface area contributed by atoms with Crippen LogP contribution in [0.5, 0.6) is 0 Å². The highest BCUT2D eigenvalue weighted by atomic mass is 15.1. The van der Waals surface area contributed by atoms with Crippen molar-refractivity contribution in [1.82, 2.24) is 4.90 Å². The molecule has 0 radical (unpaired) electrons. The van der Waals surface area contributed by atoms with Gasteiger partial charge < -0.3 is 5.32 Å². The maximum absolute atomic E-state index is 3.61. The fourth-order valence-corrected chi connectivity index (χ4v) is 3.22. The number of aryl methyl sites for hydroxylation is 1. The monoisotopic (exact) mass is 338 g/mol. The standard InChI is InChI=1S/C23H34N2/c1-5-7-15-24-23-17-22(14-13-19(23)3)20(4)25(16-6-2)18-21-11-9-8-10-12-21/h8-14,17,20,24H,5-7,15-16,18H2,1-4H3. The van der Waals surface area contributed by atoms with Gasteiger partial charge in [-0.05, 0) is 56.0 Å². The summed E-state index contributed by atoms with van der Waals surface area (Å²) < 4.78 is 0. The van der Waals surface area contributed by atoms with Gasteiger partial charge in [0.15, 0.2) is 0 Å². The zero-order valence-electron chi connectivity index (χ0n) is 16.4. The lowest BCUT2D eigenvalue weighted by Crippen LogP contribution is -2.27. The summed E-state index contributed by atoms with van der Waals surface area (Å²) in [5.41, 5.74) is 5.40. The number of hydrogen-bond donors (Lipinski definition) is 1. The Bertz CT molecular complexity index is 621. The third kappa shape index (κ3) is 5.89. The summed E-state index contributed by atoms with van der Waals surface area (Å²) in [5.74, 6) is 0. The Kier molecular flexibility index (Phi) is 8.00. The minimum Gasteiger partial charge on any atom is -0.385 e. The lowest BCUT2D eigenvalue weighted by atomic mass is 10.0. The summed E-state index contributed by atoms with van der Waals surface area (Å²) in [7, 11) is 0. The van der Waals surface area contributed by atoms with Gasteiger partial charge in [-0.3, -0.25) is 4.90 Å². The topological polar surface area (TPSA) is 15.3 Å². The maximum Gasteiger partial charge on any atom is 0.0373 e. The predicted octanol–water partition coefficient (Wildman–Crippen LogP) is 6.18. The SMILES string of the molecule is CCCCNc1cc(C(C)N(CCC)Cc2ccccc2)ccc1C. The second kappa shape index (κ2) is 10.2. The van der Waals surface area contributed by atoms with Crippen LogP contribution in [0.1, 0.15) is 62.8 Å². The Hall–Kier alpha value is -1.80. The molecule has 0 amide bonds. The van der Waals surface area contributed by atoms with Crippen LogP contribution in [0.15, 0.2) is 48.5 Å². The molecule has 2 aromatic rings. The normalized spacial score (nSPS) is 12.4. The molecule has 0 fully saturated rings. The van der Waals surface area contributed by atoms with Gasteiger partial charge in [0.1, 0.15) is 0 Å². The Morgan fingerprint density at radius 2 is 1.76 bits per heavy atom. The molecule has 0 aliphatic heterocycles. The van der Waals surface area contributed by atoms with E-state index in [-0.39, 0.29) is 0 Å². The van der Waals surface area contributed by atoms with Gasteiger partial charge in [0.05, 0.1) is 0 Å². The molecular formula is C23H34N2. The van der Waals surface area contributed by atoms with Gasteiger partial charge in [-0.2, -0.15) is 0 Å². The Balaban J connectivity index is 2.14. The van der Waals surface area contributed by atoms with E-state index in [1.54, 1.807) is 0 Å². The molecule has 25 heavy (non-hydrogen) atoms. The summed E-state index contributed by atoms with van der Waals surface area (Å²) in [5, 5.41) is 3.61. The minimum atomic E-state index is 0.410. The van der Waals surface area contributed by atoms with E-state index in [9.17, 15) is 0 Å². The van der Waals surface area contributed by atoms with Crippen molar-refractivity contribution in [3.63, 3.8) is 0 Å². The van der Waals surface area contributed by atoms with Gasteiger partial charge >= 0.3 is 0 Å². The van der Waals surface area contributed by atoms with Crippen molar-refractivity contribution in [3.8, 4) is 0 Å². The summed E-state index contributed by atoms with van der Waals surface area (Å²) in [6, 6.07) is 18.1. The molecule has 0 bridgehead atoms. The van der Waals surface area contributed by atoms with Gasteiger partial charge in [0.25, 0.3) is 0 Å². The summed E-state index contributed by atoms with van der Waals surface area (Å²) in [4.78, 5) is 2.58. The van der Waals surface area contributed by atoms with Crippen LogP contribution in [-0.4, -0.2) is 18.0 Å². The molecule has 2 nitrogen and oxygen atoms in total. The fraction of sp³-hybridized carbons (Fsp3) is 0.478. The van der Waals surface area contributed by atoms with Crippen LogP contribution in [-0.2, 0) is 6.54 Å². The second-order valence-electron chi connectivity index (χ2n) is 6.99. The van der Waals surface area contributed by atoms with Crippen molar-refractivity contribution >= 4 is 5.69 Å². The van der Waals surface area contributed by atoms with E-state index in [1.807, 2.05) is 0 Å². The lowest BCUT2D eigenvalue weighted by Gasteiger charge is -2.30. The highest BCUT2D eigenvalue weighted by molar-refractivity contribution is 5.53. The molecule has 1 atom stereocenters. The molecule has 0 aliphatic rings. The molecular weight excluding hydrogens is 304 g/mol. The second-order valence-corrected chi connectivity index (χ2v) is 6.99. The number of nitrogens with zero attached hydrogens (tertiary/aromatic N) is 1. The zero-order valence-corrected chi connectivity index (χ0v) is 16.4. The highest BCUT2D eigenvalue weighted by Crippen LogP contribution is 2.27. The van der Waals surface area contributed by atoms with Gasteiger partial charge in [-0.25, -0.2) is 0 Å². The van der Waals surface area contributed by atoms with Crippen molar-refractivity contribution in [3.05, 3.63) is 65.2 Å². The molecule has 0 saturated carbocycles. The van der Waals surface area contributed by atoms with E-state index in [2.05, 4.69) is 86.4 Å². The average molecular weight is 339 g/mol. The van der Waals surface area contributed by atoms with Crippen LogP contribution in [0.3, 0.4) is 0 Å². The van der Waals surface area contributed by atoms with Crippen LogP contribution >= 0.6 is 0 Å². The molecule has 0 aliphatic carbocycles. The van der Waals surface area contributed by atoms with E-state index in [4.69, 9.17) is 0 Å². The number of hydrogen-bond acceptors (Lipinski definition) is 2. The first kappa shape index (κ1) is 19.5. The predicted molar refractivity (Wildman–Crippen MR) is 110 cm³/mol. The number of rotatable bonds is 10. The molecule has 136 valence electrons. The molecule has 0 spiro atoms. The first-order chi connectivity index (χ1) is 12.2. The number of unbranched alkanes of at least 4 members (excludes halogenated alkanes) is 1. The van der Waals surface area contributed by atoms with E-state index in [0.717, 1.165) is 19.6 Å². The minimum absolute atomic E-state index is 0.410. The van der Waals surface area contributed by atoms with Crippen LogP contribution < -0.4 is 5.32 Å². The van der Waals surface area contributed by atoms with E-state index < -0.39 is 0 Å². The lowest BCUT2D eigenvalue weighted by molar-refractivity contribution is 0.202. The Morgan fingerprint density at radius 1 is 1.00 bits per heavy atom. The largest absolute Gasteiger partial charge is 0.385 e. The van der Waals surface area contributed by atoms with Crippen molar-refractivity contribution in [2.24, 2.45) is 0 Å². The Morgan fingerprint density at radius 3 is 2.44 bits per heavy atom. The molecule has 2 heteroatoms. The summed E-state index contributed by atoms with van der Waals surface area (Å²) in [6.45, 7) is 12.2. The van der Waals surface area contributed by atoms with E-state index in [1.165, 1.54) is 41.6 Å². The van der Waals surface area contributed by atoms with E-state index >= 15 is 0 Å². The maximum atomic E-state index is 3.61. The third-order valence-corrected chi connectivity index (χ3v) is 4.88. The molecule has 1 N–H and O–H groups in total. The third-order valence-electron chi connectivity index (χ3n) is 4.88. The summed E-state index contributed by atoms with van der Waals surface area (Å²) in [6.07, 6.45) is 3.61. The van der Waals surface area contributed by atoms with Crippen LogP contribution in [0.4, 0.5) is 5.69 Å². The zero-order chi connectivity index (χ0) is 18.1. The van der Waals surface area contributed by atoms with Crippen molar-refractivity contribution in [1.29, 1.82) is 0 Å². The van der Waals surface area contributed by atoms with Crippen molar-refractivity contribution in [2.75, 3.05) is 18.4 Å². The van der Waals surface area contributed by atoms with Crippen LogP contribution in [0.25, 0.3) is 0 Å². The molecule has 1 unspecified atom stereocenters. The van der Waals surface area contributed by atoms with Gasteiger partial charge in [-0.1, -0.05) is 62.7 Å². The number of benzene rings is 2.